The lowest BCUT2D eigenvalue weighted by Gasteiger charge is -2.12. The molecular formula is C19H24N4O2. The Morgan fingerprint density at radius 3 is 2.84 bits per heavy atom. The Kier molecular flexibility index (Phi) is 4.46. The number of anilines is 1. The molecule has 2 aliphatic rings. The van der Waals surface area contributed by atoms with Gasteiger partial charge in [-0.05, 0) is 49.2 Å². The van der Waals surface area contributed by atoms with E-state index < -0.39 is 0 Å². The molecule has 4 rings (SSSR count). The number of piperidine rings is 1. The first-order valence-electron chi connectivity index (χ1n) is 8.74. The number of fused-ring (bicyclic) bond motifs is 1. The second-order valence-electron chi connectivity index (χ2n) is 6.62. The van der Waals surface area contributed by atoms with Gasteiger partial charge in [0.1, 0.15) is 23.9 Å². The maximum atomic E-state index is 5.86. The predicted molar refractivity (Wildman–Crippen MR) is 97.8 cm³/mol. The van der Waals surface area contributed by atoms with Gasteiger partial charge in [-0.25, -0.2) is 4.98 Å². The van der Waals surface area contributed by atoms with Crippen LogP contribution >= 0.6 is 0 Å². The fourth-order valence-corrected chi connectivity index (χ4v) is 3.69. The molecule has 2 fully saturated rings. The number of nitrogen functional groups attached to an aromatic ring is 1. The van der Waals surface area contributed by atoms with Crippen molar-refractivity contribution in [2.75, 3.05) is 39.1 Å². The average Bonchev–Trinajstić information content (AvgIpc) is 3.05. The summed E-state index contributed by atoms with van der Waals surface area (Å²) < 4.78 is 11.4. The smallest absolute Gasteiger partial charge is 0.131 e. The summed E-state index contributed by atoms with van der Waals surface area (Å²) in [6.45, 7) is 3.81. The van der Waals surface area contributed by atoms with Gasteiger partial charge in [0.2, 0.25) is 0 Å². The van der Waals surface area contributed by atoms with Crippen LogP contribution in [-0.4, -0.2) is 44.4 Å². The van der Waals surface area contributed by atoms with Gasteiger partial charge in [-0.3, -0.25) is 0 Å². The Labute approximate surface area is 147 Å². The topological polar surface area (TPSA) is 81.4 Å². The number of nitrogens with two attached hydrogens (primary N) is 1. The van der Waals surface area contributed by atoms with Gasteiger partial charge in [-0.1, -0.05) is 6.07 Å². The molecular weight excluding hydrogens is 316 g/mol. The van der Waals surface area contributed by atoms with E-state index in [1.807, 2.05) is 30.3 Å². The number of pyridine rings is 1. The van der Waals surface area contributed by atoms with Crippen molar-refractivity contribution in [1.29, 1.82) is 0 Å². The van der Waals surface area contributed by atoms with Crippen molar-refractivity contribution < 1.29 is 9.47 Å². The Morgan fingerprint density at radius 1 is 1.24 bits per heavy atom. The molecule has 1 aromatic carbocycles. The van der Waals surface area contributed by atoms with E-state index in [-0.39, 0.29) is 0 Å². The summed E-state index contributed by atoms with van der Waals surface area (Å²) in [7, 11) is 1.65. The van der Waals surface area contributed by atoms with Gasteiger partial charge >= 0.3 is 0 Å². The zero-order valence-electron chi connectivity index (χ0n) is 14.4. The highest BCUT2D eigenvalue weighted by Crippen LogP contribution is 2.41. The summed E-state index contributed by atoms with van der Waals surface area (Å²) in [6.07, 6.45) is 0. The first kappa shape index (κ1) is 16.2. The largest absolute Gasteiger partial charge is 0.496 e. The van der Waals surface area contributed by atoms with Crippen LogP contribution in [0.1, 0.15) is 0 Å². The summed E-state index contributed by atoms with van der Waals surface area (Å²) in [5, 5.41) is 6.99. The van der Waals surface area contributed by atoms with Crippen molar-refractivity contribution in [3.05, 3.63) is 36.4 Å². The van der Waals surface area contributed by atoms with E-state index in [1.165, 1.54) is 0 Å². The fraction of sp³-hybridized carbons (Fsp3) is 0.421. The molecule has 0 amide bonds. The molecule has 1 aliphatic heterocycles. The lowest BCUT2D eigenvalue weighted by atomic mass is 10.1. The lowest BCUT2D eigenvalue weighted by Crippen LogP contribution is -2.30. The van der Waals surface area contributed by atoms with Crippen LogP contribution in [0.15, 0.2) is 36.4 Å². The molecule has 2 atom stereocenters. The predicted octanol–water partition coefficient (Wildman–Crippen LogP) is 1.53. The number of benzene rings is 1. The van der Waals surface area contributed by atoms with Crippen LogP contribution in [0.4, 0.5) is 5.82 Å². The molecule has 132 valence electrons. The van der Waals surface area contributed by atoms with Crippen LogP contribution in [0.2, 0.25) is 0 Å². The number of hydrogen-bond acceptors (Lipinski definition) is 6. The van der Waals surface area contributed by atoms with Gasteiger partial charge in [0.25, 0.3) is 0 Å². The summed E-state index contributed by atoms with van der Waals surface area (Å²) in [5.74, 6) is 3.66. The van der Waals surface area contributed by atoms with Gasteiger partial charge in [0.15, 0.2) is 0 Å². The molecule has 6 heteroatoms. The van der Waals surface area contributed by atoms with Gasteiger partial charge in [0.05, 0.1) is 12.8 Å². The van der Waals surface area contributed by atoms with Crippen molar-refractivity contribution in [2.24, 2.45) is 11.8 Å². The third kappa shape index (κ3) is 3.41. The molecule has 2 heterocycles. The van der Waals surface area contributed by atoms with Crippen molar-refractivity contribution >= 4 is 5.82 Å². The van der Waals surface area contributed by atoms with E-state index in [9.17, 15) is 0 Å². The number of hydrogen-bond donors (Lipinski definition) is 3. The van der Waals surface area contributed by atoms with Crippen LogP contribution in [0, 0.1) is 11.8 Å². The standard InChI is InChI=1S/C19H24N4O2/c1-24-17-9-12(5-6-13(17)16-3-2-4-18(20)23-16)25-8-7-22-19-14-10-21-11-15(14)19/h2-6,9,14-15,19,21-22H,7-8,10-11H2,1H3,(H2,20,23). The Morgan fingerprint density at radius 2 is 2.08 bits per heavy atom. The Balaban J connectivity index is 1.34. The molecule has 2 unspecified atom stereocenters. The summed E-state index contributed by atoms with van der Waals surface area (Å²) in [5.41, 5.74) is 7.47. The molecule has 1 aromatic heterocycles. The quantitative estimate of drug-likeness (QED) is 0.663. The second kappa shape index (κ2) is 6.90. The minimum Gasteiger partial charge on any atom is -0.496 e. The highest BCUT2D eigenvalue weighted by molar-refractivity contribution is 5.69. The summed E-state index contributed by atoms with van der Waals surface area (Å²) in [4.78, 5) is 4.35. The Hall–Kier alpha value is -2.31. The molecule has 4 N–H and O–H groups in total. The third-order valence-corrected chi connectivity index (χ3v) is 5.06. The fourth-order valence-electron chi connectivity index (χ4n) is 3.69. The van der Waals surface area contributed by atoms with E-state index in [1.54, 1.807) is 13.2 Å². The van der Waals surface area contributed by atoms with E-state index in [2.05, 4.69) is 15.6 Å². The van der Waals surface area contributed by atoms with Gasteiger partial charge < -0.3 is 25.8 Å². The van der Waals surface area contributed by atoms with Crippen molar-refractivity contribution in [3.63, 3.8) is 0 Å². The lowest BCUT2D eigenvalue weighted by molar-refractivity contribution is 0.308. The zero-order valence-corrected chi connectivity index (χ0v) is 14.4. The van der Waals surface area contributed by atoms with Crippen LogP contribution in [-0.2, 0) is 0 Å². The molecule has 0 bridgehead atoms. The van der Waals surface area contributed by atoms with Crippen molar-refractivity contribution in [2.45, 2.75) is 6.04 Å². The number of rotatable bonds is 7. The minimum atomic E-state index is 0.492. The first-order chi connectivity index (χ1) is 12.3. The SMILES string of the molecule is COc1cc(OCCNC2C3CNCC32)ccc1-c1cccc(N)n1. The molecule has 1 saturated carbocycles. The molecule has 6 nitrogen and oxygen atoms in total. The number of nitrogens with zero attached hydrogens (tertiary/aromatic N) is 1. The molecule has 1 aliphatic carbocycles. The maximum Gasteiger partial charge on any atom is 0.131 e. The monoisotopic (exact) mass is 340 g/mol. The summed E-state index contributed by atoms with van der Waals surface area (Å²) in [6, 6.07) is 12.0. The number of methoxy groups -OCH3 is 1. The van der Waals surface area contributed by atoms with Crippen LogP contribution in [0.25, 0.3) is 11.3 Å². The van der Waals surface area contributed by atoms with Crippen molar-refractivity contribution in [1.82, 2.24) is 15.6 Å². The van der Waals surface area contributed by atoms with Gasteiger partial charge in [-0.2, -0.15) is 0 Å². The van der Waals surface area contributed by atoms with Gasteiger partial charge in [0, 0.05) is 24.2 Å². The molecule has 1 saturated heterocycles. The highest BCUT2D eigenvalue weighted by Gasteiger charge is 2.52. The second-order valence-corrected chi connectivity index (χ2v) is 6.62. The molecule has 2 aromatic rings. The number of ether oxygens (including phenoxy) is 2. The van der Waals surface area contributed by atoms with Crippen LogP contribution < -0.4 is 25.8 Å². The zero-order chi connectivity index (χ0) is 17.2. The minimum absolute atomic E-state index is 0.492. The maximum absolute atomic E-state index is 5.86. The van der Waals surface area contributed by atoms with E-state index >= 15 is 0 Å². The normalized spacial score (nSPS) is 24.0. The van der Waals surface area contributed by atoms with Gasteiger partial charge in [-0.15, -0.1) is 0 Å². The van der Waals surface area contributed by atoms with E-state index in [0.717, 1.165) is 54.2 Å². The number of nitrogens with one attached hydrogen (secondary N) is 2. The third-order valence-electron chi connectivity index (χ3n) is 5.06. The number of aromatic nitrogens is 1. The molecule has 0 radical (unpaired) electrons. The van der Waals surface area contributed by atoms with Crippen LogP contribution in [0.3, 0.4) is 0 Å². The Bertz CT molecular complexity index is 742. The summed E-state index contributed by atoms with van der Waals surface area (Å²) >= 11 is 0. The van der Waals surface area contributed by atoms with E-state index in [4.69, 9.17) is 15.2 Å². The molecule has 0 spiro atoms. The highest BCUT2D eigenvalue weighted by atomic mass is 16.5. The van der Waals surface area contributed by atoms with E-state index in [0.29, 0.717) is 18.5 Å². The average molecular weight is 340 g/mol. The molecule has 25 heavy (non-hydrogen) atoms. The van der Waals surface area contributed by atoms with Crippen LogP contribution in [0.5, 0.6) is 11.5 Å². The first-order valence-corrected chi connectivity index (χ1v) is 8.74. The van der Waals surface area contributed by atoms with Crippen molar-refractivity contribution in [3.8, 4) is 22.8 Å².